The summed E-state index contributed by atoms with van der Waals surface area (Å²) < 4.78 is 0. The minimum Gasteiger partial charge on any atom is -0.261 e. The molecule has 2 heterocycles. The molecule has 3 nitrogen and oxygen atoms in total. The van der Waals surface area contributed by atoms with Crippen molar-refractivity contribution in [1.82, 2.24) is 15.2 Å². The van der Waals surface area contributed by atoms with Crippen LogP contribution in [0.3, 0.4) is 0 Å². The minimum atomic E-state index is 0.680. The van der Waals surface area contributed by atoms with Crippen LogP contribution in [0.1, 0.15) is 19.4 Å². The van der Waals surface area contributed by atoms with E-state index in [-0.39, 0.29) is 0 Å². The summed E-state index contributed by atoms with van der Waals surface area (Å²) in [7, 11) is 0. The molecule has 0 radical (unpaired) electrons. The zero-order chi connectivity index (χ0) is 9.84. The van der Waals surface area contributed by atoms with Gasteiger partial charge in [-0.25, -0.2) is 4.98 Å². The molecule has 0 aliphatic heterocycles. The highest BCUT2D eigenvalue weighted by Crippen LogP contribution is 2.20. The van der Waals surface area contributed by atoms with E-state index in [9.17, 15) is 0 Å². The molecule has 1 N–H and O–H groups in total. The summed E-state index contributed by atoms with van der Waals surface area (Å²) >= 11 is 5.84. The molecule has 0 bridgehead atoms. The van der Waals surface area contributed by atoms with Crippen molar-refractivity contribution in [3.8, 4) is 0 Å². The number of hydrogen-bond donors (Lipinski definition) is 1. The van der Waals surface area contributed by atoms with Crippen LogP contribution in [0.4, 0.5) is 0 Å². The van der Waals surface area contributed by atoms with E-state index in [0.717, 1.165) is 16.6 Å². The normalized spacial score (nSPS) is 9.54. The topological polar surface area (TPSA) is 41.6 Å². The Balaban J connectivity index is 0.000000396. The van der Waals surface area contributed by atoms with Crippen LogP contribution in [0.25, 0.3) is 11.0 Å². The summed E-state index contributed by atoms with van der Waals surface area (Å²) in [6.45, 7) is 5.95. The van der Waals surface area contributed by atoms with Gasteiger partial charge in [-0.15, -0.1) is 0 Å². The van der Waals surface area contributed by atoms with Crippen LogP contribution < -0.4 is 0 Å². The predicted octanol–water partition coefficient (Wildman–Crippen LogP) is 2.95. The lowest BCUT2D eigenvalue weighted by molar-refractivity contribution is 1.10. The minimum absolute atomic E-state index is 0.680. The van der Waals surface area contributed by atoms with Crippen LogP contribution in [-0.4, -0.2) is 15.2 Å². The maximum atomic E-state index is 5.84. The van der Waals surface area contributed by atoms with Crippen molar-refractivity contribution in [3.63, 3.8) is 0 Å². The van der Waals surface area contributed by atoms with Crippen molar-refractivity contribution in [2.75, 3.05) is 0 Å². The number of aromatic nitrogens is 3. The summed E-state index contributed by atoms with van der Waals surface area (Å²) in [4.78, 5) is 4.05. The van der Waals surface area contributed by atoms with Crippen LogP contribution >= 0.6 is 11.6 Å². The maximum Gasteiger partial charge on any atom is 0.155 e. The number of rotatable bonds is 0. The van der Waals surface area contributed by atoms with Gasteiger partial charge in [-0.3, -0.25) is 5.10 Å². The van der Waals surface area contributed by atoms with E-state index in [2.05, 4.69) is 15.2 Å². The van der Waals surface area contributed by atoms with E-state index in [1.807, 2.05) is 20.8 Å². The molecule has 2 aromatic rings. The Morgan fingerprint density at radius 3 is 2.69 bits per heavy atom. The lowest BCUT2D eigenvalue weighted by Gasteiger charge is -1.95. The van der Waals surface area contributed by atoms with Crippen LogP contribution in [-0.2, 0) is 0 Å². The number of nitrogens with one attached hydrogen (secondary N) is 1. The fourth-order valence-corrected chi connectivity index (χ4v) is 1.15. The average Bonchev–Trinajstić information content (AvgIpc) is 2.63. The molecule has 0 unspecified atom stereocenters. The third kappa shape index (κ3) is 1.80. The highest BCUT2D eigenvalue weighted by atomic mass is 35.5. The van der Waals surface area contributed by atoms with Gasteiger partial charge >= 0.3 is 0 Å². The quantitative estimate of drug-likeness (QED) is 0.706. The molecule has 13 heavy (non-hydrogen) atoms. The fourth-order valence-electron chi connectivity index (χ4n) is 0.999. The molecular formula is C9H12ClN3. The smallest absolute Gasteiger partial charge is 0.155 e. The van der Waals surface area contributed by atoms with Crippen LogP contribution in [0.2, 0.25) is 5.02 Å². The Morgan fingerprint density at radius 2 is 2.00 bits per heavy atom. The molecule has 70 valence electrons. The van der Waals surface area contributed by atoms with Crippen molar-refractivity contribution in [2.45, 2.75) is 20.8 Å². The highest BCUT2D eigenvalue weighted by Gasteiger charge is 2.02. The third-order valence-electron chi connectivity index (χ3n) is 1.69. The second kappa shape index (κ2) is 4.23. The molecule has 0 aliphatic carbocycles. The number of pyridine rings is 1. The zero-order valence-corrected chi connectivity index (χ0v) is 8.68. The molecule has 0 fully saturated rings. The molecular weight excluding hydrogens is 186 g/mol. The number of nitrogens with zero attached hydrogens (tertiary/aromatic N) is 2. The third-order valence-corrected chi connectivity index (χ3v) is 2.07. The molecule has 0 amide bonds. The lowest BCUT2D eigenvalue weighted by Crippen LogP contribution is -1.80. The Kier molecular flexibility index (Phi) is 3.25. The van der Waals surface area contributed by atoms with Crippen molar-refractivity contribution in [3.05, 3.63) is 23.0 Å². The van der Waals surface area contributed by atoms with Gasteiger partial charge in [0.2, 0.25) is 0 Å². The predicted molar refractivity (Wildman–Crippen MR) is 55.0 cm³/mol. The van der Waals surface area contributed by atoms with E-state index in [4.69, 9.17) is 11.6 Å². The van der Waals surface area contributed by atoms with Crippen molar-refractivity contribution in [2.24, 2.45) is 0 Å². The number of halogens is 1. The first-order valence-electron chi connectivity index (χ1n) is 4.23. The maximum absolute atomic E-state index is 5.84. The summed E-state index contributed by atoms with van der Waals surface area (Å²) in [5.74, 6) is 0. The number of H-pyrrole nitrogens is 1. The van der Waals surface area contributed by atoms with E-state index < -0.39 is 0 Å². The van der Waals surface area contributed by atoms with E-state index in [1.54, 1.807) is 12.4 Å². The average molecular weight is 198 g/mol. The summed E-state index contributed by atoms with van der Waals surface area (Å²) in [6.07, 6.45) is 3.35. The fraction of sp³-hybridized carbons (Fsp3) is 0.333. The Labute approximate surface area is 82.1 Å². The summed E-state index contributed by atoms with van der Waals surface area (Å²) in [6, 6.07) is 0. The number of aromatic amines is 1. The van der Waals surface area contributed by atoms with Gasteiger partial charge in [-0.05, 0) is 12.5 Å². The Bertz CT molecular complexity index is 395. The van der Waals surface area contributed by atoms with Crippen LogP contribution in [0.5, 0.6) is 0 Å². The number of fused-ring (bicyclic) bond motifs is 1. The molecule has 2 aromatic heterocycles. The molecule has 0 spiro atoms. The van der Waals surface area contributed by atoms with Gasteiger partial charge in [0, 0.05) is 11.6 Å². The van der Waals surface area contributed by atoms with Crippen LogP contribution in [0.15, 0.2) is 12.4 Å². The van der Waals surface area contributed by atoms with Gasteiger partial charge in [-0.2, -0.15) is 5.10 Å². The summed E-state index contributed by atoms with van der Waals surface area (Å²) in [5.41, 5.74) is 1.80. The van der Waals surface area contributed by atoms with Crippen molar-refractivity contribution < 1.29 is 0 Å². The van der Waals surface area contributed by atoms with Gasteiger partial charge in [0.15, 0.2) is 5.65 Å². The molecule has 0 saturated heterocycles. The van der Waals surface area contributed by atoms with Gasteiger partial charge in [-0.1, -0.05) is 25.4 Å². The van der Waals surface area contributed by atoms with Gasteiger partial charge in [0.05, 0.1) is 11.2 Å². The largest absolute Gasteiger partial charge is 0.261 e. The van der Waals surface area contributed by atoms with Crippen molar-refractivity contribution >= 4 is 22.6 Å². The van der Waals surface area contributed by atoms with Crippen molar-refractivity contribution in [1.29, 1.82) is 0 Å². The number of aryl methyl sites for hydroxylation is 1. The summed E-state index contributed by atoms with van der Waals surface area (Å²) in [5, 5.41) is 8.29. The second-order valence-electron chi connectivity index (χ2n) is 2.36. The molecule has 2 rings (SSSR count). The number of hydrogen-bond acceptors (Lipinski definition) is 2. The van der Waals surface area contributed by atoms with Gasteiger partial charge in [0.1, 0.15) is 0 Å². The highest BCUT2D eigenvalue weighted by molar-refractivity contribution is 6.32. The zero-order valence-electron chi connectivity index (χ0n) is 7.93. The van der Waals surface area contributed by atoms with E-state index >= 15 is 0 Å². The SMILES string of the molecule is CC.Cc1c(Cl)cnc2[nH]ncc12. The van der Waals surface area contributed by atoms with Crippen LogP contribution in [0, 0.1) is 6.92 Å². The monoisotopic (exact) mass is 197 g/mol. The first-order chi connectivity index (χ1) is 6.29. The van der Waals surface area contributed by atoms with E-state index in [0.29, 0.717) is 5.02 Å². The van der Waals surface area contributed by atoms with Gasteiger partial charge in [0.25, 0.3) is 0 Å². The first kappa shape index (κ1) is 9.99. The standard InChI is InChI=1S/C7H6ClN3.C2H6/c1-4-5-2-10-11-7(5)9-3-6(4)8;1-2/h2-3H,1H3,(H,9,10,11);1-2H3. The lowest BCUT2D eigenvalue weighted by atomic mass is 10.2. The molecule has 0 saturated carbocycles. The molecule has 4 heteroatoms. The Morgan fingerprint density at radius 1 is 1.31 bits per heavy atom. The molecule has 0 aliphatic rings. The van der Waals surface area contributed by atoms with Gasteiger partial charge < -0.3 is 0 Å². The van der Waals surface area contributed by atoms with E-state index in [1.165, 1.54) is 0 Å². The second-order valence-corrected chi connectivity index (χ2v) is 2.77. The first-order valence-corrected chi connectivity index (χ1v) is 4.61. The molecule has 0 aromatic carbocycles. The molecule has 0 atom stereocenters. The Hall–Kier alpha value is -1.09.